The molecule has 0 saturated carbocycles. The number of nitrogens with one attached hydrogen (secondary N) is 1. The van der Waals surface area contributed by atoms with Crippen LogP contribution in [0.3, 0.4) is 0 Å². The Hall–Kier alpha value is -2.96. The highest BCUT2D eigenvalue weighted by molar-refractivity contribution is 8.26. The van der Waals surface area contributed by atoms with Gasteiger partial charge in [0.15, 0.2) is 16.4 Å². The van der Waals surface area contributed by atoms with Gasteiger partial charge in [-0.05, 0) is 36.8 Å². The van der Waals surface area contributed by atoms with Gasteiger partial charge in [0, 0.05) is 6.07 Å². The summed E-state index contributed by atoms with van der Waals surface area (Å²) < 4.78 is 36.3. The van der Waals surface area contributed by atoms with Crippen LogP contribution in [0.15, 0.2) is 52.3 Å². The molecule has 2 aromatic carbocycles. The highest BCUT2D eigenvalue weighted by atomic mass is 32.2. The van der Waals surface area contributed by atoms with Crippen molar-refractivity contribution in [2.24, 2.45) is 0 Å². The van der Waals surface area contributed by atoms with Gasteiger partial charge in [0.25, 0.3) is 11.6 Å². The number of ether oxygens (including phenoxy) is 1. The molecule has 1 aliphatic rings. The largest absolute Gasteiger partial charge is 0.490 e. The van der Waals surface area contributed by atoms with E-state index in [4.69, 9.17) is 21.1 Å². The Labute approximate surface area is 181 Å². The van der Waals surface area contributed by atoms with E-state index in [0.717, 1.165) is 23.9 Å². The maximum Gasteiger partial charge on any atom is 0.346 e. The predicted octanol–water partition coefficient (Wildman–Crippen LogP) is 3.25. The topological polar surface area (TPSA) is 125 Å². The van der Waals surface area contributed by atoms with E-state index in [9.17, 15) is 23.3 Å². The van der Waals surface area contributed by atoms with Gasteiger partial charge < -0.3 is 14.2 Å². The number of rotatable bonds is 7. The lowest BCUT2D eigenvalue weighted by atomic mass is 10.2. The molecule has 12 heteroatoms. The molecule has 9 nitrogen and oxygen atoms in total. The second-order valence-corrected chi connectivity index (χ2v) is 8.99. The van der Waals surface area contributed by atoms with E-state index in [0.29, 0.717) is 14.8 Å². The number of nitrogens with zero attached hydrogens (tertiary/aromatic N) is 1. The Morgan fingerprint density at radius 1 is 1.23 bits per heavy atom. The molecule has 156 valence electrons. The molecule has 1 fully saturated rings. The van der Waals surface area contributed by atoms with Gasteiger partial charge in [0.1, 0.15) is 4.32 Å². The maximum atomic E-state index is 12.7. The first-order valence-electron chi connectivity index (χ1n) is 8.41. The monoisotopic (exact) mass is 466 g/mol. The Morgan fingerprint density at radius 2 is 1.97 bits per heavy atom. The third-order valence-electron chi connectivity index (χ3n) is 3.74. The van der Waals surface area contributed by atoms with E-state index in [1.54, 1.807) is 13.0 Å². The average molecular weight is 467 g/mol. The van der Waals surface area contributed by atoms with Gasteiger partial charge in [-0.1, -0.05) is 42.2 Å². The number of hydrogen-bond acceptors (Lipinski definition) is 9. The minimum absolute atomic E-state index is 0.0972. The number of para-hydroxylation sites is 1. The number of benzene rings is 2. The lowest BCUT2D eigenvalue weighted by molar-refractivity contribution is -0.387. The van der Waals surface area contributed by atoms with Crippen LogP contribution in [-0.4, -0.2) is 30.2 Å². The highest BCUT2D eigenvalue weighted by Gasteiger charge is 2.28. The van der Waals surface area contributed by atoms with Crippen LogP contribution >= 0.6 is 24.0 Å². The summed E-state index contributed by atoms with van der Waals surface area (Å²) in [7, 11) is -4.50. The quantitative estimate of drug-likeness (QED) is 0.215. The van der Waals surface area contributed by atoms with Crippen LogP contribution in [-0.2, 0) is 14.9 Å². The summed E-state index contributed by atoms with van der Waals surface area (Å²) in [5.41, 5.74) is -0.0479. The minimum Gasteiger partial charge on any atom is -0.490 e. The first-order chi connectivity index (χ1) is 14.2. The summed E-state index contributed by atoms with van der Waals surface area (Å²) in [6.45, 7) is 1.91. The van der Waals surface area contributed by atoms with Gasteiger partial charge in [-0.15, -0.1) is 0 Å². The summed E-state index contributed by atoms with van der Waals surface area (Å²) in [5, 5.41) is 13.7. The molecule has 0 spiro atoms. The Morgan fingerprint density at radius 3 is 2.60 bits per heavy atom. The van der Waals surface area contributed by atoms with E-state index in [1.807, 2.05) is 0 Å². The van der Waals surface area contributed by atoms with Crippen molar-refractivity contribution in [2.45, 2.75) is 11.8 Å². The van der Waals surface area contributed by atoms with Crippen LogP contribution in [0.4, 0.5) is 5.69 Å². The molecule has 30 heavy (non-hydrogen) atoms. The molecule has 1 saturated heterocycles. The number of thioether (sulfide) groups is 1. The Bertz CT molecular complexity index is 1180. The molecular weight excluding hydrogens is 452 g/mol. The van der Waals surface area contributed by atoms with Gasteiger partial charge >= 0.3 is 10.1 Å². The molecule has 1 heterocycles. The molecule has 0 atom stereocenters. The van der Waals surface area contributed by atoms with E-state index >= 15 is 0 Å². The number of nitro groups is 1. The first-order valence-corrected chi connectivity index (χ1v) is 11.0. The average Bonchev–Trinajstić information content (AvgIpc) is 3.00. The smallest absolute Gasteiger partial charge is 0.346 e. The summed E-state index contributed by atoms with van der Waals surface area (Å²) in [6.07, 6.45) is 1.57. The molecule has 1 amide bonds. The van der Waals surface area contributed by atoms with E-state index < -0.39 is 25.6 Å². The standard InChI is InChI=1S/C18H14N2O7S3/c1-2-26-14-9-11(10-15-17(21)19-18(28)29-15)7-8-13(14)27-30(24,25)16-6-4-3-5-12(16)20(22)23/h3-10H,2H2,1H3,(H,19,21,28). The third-order valence-corrected chi connectivity index (χ3v) is 6.18. The van der Waals surface area contributed by atoms with Crippen LogP contribution in [0.1, 0.15) is 12.5 Å². The normalized spacial score (nSPS) is 15.2. The second kappa shape index (κ2) is 8.81. The molecule has 2 aromatic rings. The van der Waals surface area contributed by atoms with Crippen LogP contribution < -0.4 is 14.2 Å². The molecule has 0 aromatic heterocycles. The molecule has 3 rings (SSSR count). The number of amides is 1. The van der Waals surface area contributed by atoms with Gasteiger partial charge in [0.2, 0.25) is 0 Å². The van der Waals surface area contributed by atoms with Gasteiger partial charge in [-0.3, -0.25) is 14.9 Å². The lowest BCUT2D eigenvalue weighted by Gasteiger charge is -2.12. The number of carbonyl (C=O) groups is 1. The van der Waals surface area contributed by atoms with Gasteiger partial charge in [-0.25, -0.2) is 0 Å². The molecule has 1 aliphatic heterocycles. The van der Waals surface area contributed by atoms with Crippen LogP contribution in [0.2, 0.25) is 0 Å². The van der Waals surface area contributed by atoms with Crippen molar-refractivity contribution in [2.75, 3.05) is 6.61 Å². The molecule has 0 radical (unpaired) electrons. The molecule has 0 bridgehead atoms. The van der Waals surface area contributed by atoms with Gasteiger partial charge in [0.05, 0.1) is 16.4 Å². The minimum atomic E-state index is -4.50. The zero-order valence-corrected chi connectivity index (χ0v) is 17.8. The number of carbonyl (C=O) groups excluding carboxylic acids is 1. The molecular formula is C18H14N2O7S3. The van der Waals surface area contributed by atoms with Crippen molar-refractivity contribution < 1.29 is 27.1 Å². The summed E-state index contributed by atoms with van der Waals surface area (Å²) in [5.74, 6) is -0.376. The fourth-order valence-electron chi connectivity index (χ4n) is 2.51. The lowest BCUT2D eigenvalue weighted by Crippen LogP contribution is -2.17. The van der Waals surface area contributed by atoms with Gasteiger partial charge in [-0.2, -0.15) is 8.42 Å². The van der Waals surface area contributed by atoms with Crippen molar-refractivity contribution in [3.63, 3.8) is 0 Å². The molecule has 1 N–H and O–H groups in total. The zero-order valence-electron chi connectivity index (χ0n) is 15.4. The third kappa shape index (κ3) is 4.78. The highest BCUT2D eigenvalue weighted by Crippen LogP contribution is 2.35. The summed E-state index contributed by atoms with van der Waals surface area (Å²) in [4.78, 5) is 22.0. The van der Waals surface area contributed by atoms with Crippen molar-refractivity contribution >= 4 is 56.1 Å². The van der Waals surface area contributed by atoms with Crippen molar-refractivity contribution in [3.8, 4) is 11.5 Å². The summed E-state index contributed by atoms with van der Waals surface area (Å²) in [6, 6.07) is 9.24. The molecule has 0 unspecified atom stereocenters. The van der Waals surface area contributed by atoms with E-state index in [1.165, 1.54) is 30.3 Å². The van der Waals surface area contributed by atoms with E-state index in [-0.39, 0.29) is 24.0 Å². The fraction of sp³-hybridized carbons (Fsp3) is 0.111. The van der Waals surface area contributed by atoms with Crippen molar-refractivity contribution in [1.29, 1.82) is 0 Å². The zero-order chi connectivity index (χ0) is 21.9. The van der Waals surface area contributed by atoms with Crippen molar-refractivity contribution in [3.05, 3.63) is 63.0 Å². The molecule has 0 aliphatic carbocycles. The van der Waals surface area contributed by atoms with Crippen LogP contribution in [0.5, 0.6) is 11.5 Å². The second-order valence-electron chi connectivity index (χ2n) is 5.75. The Balaban J connectivity index is 1.96. The number of thiocarbonyl (C=S) groups is 1. The maximum absolute atomic E-state index is 12.7. The van der Waals surface area contributed by atoms with Crippen LogP contribution in [0.25, 0.3) is 6.08 Å². The fourth-order valence-corrected chi connectivity index (χ4v) is 4.66. The van der Waals surface area contributed by atoms with Crippen LogP contribution in [0, 0.1) is 10.1 Å². The Kier molecular flexibility index (Phi) is 6.39. The number of hydrogen-bond donors (Lipinski definition) is 1. The van der Waals surface area contributed by atoms with Crippen molar-refractivity contribution in [1.82, 2.24) is 5.32 Å². The predicted molar refractivity (Wildman–Crippen MR) is 115 cm³/mol. The summed E-state index contributed by atoms with van der Waals surface area (Å²) >= 11 is 6.05. The SMILES string of the molecule is CCOc1cc(C=C2SC(=S)NC2=O)ccc1OS(=O)(=O)c1ccccc1[N+](=O)[O-]. The first kappa shape index (κ1) is 21.7. The van der Waals surface area contributed by atoms with E-state index in [2.05, 4.69) is 5.32 Å². The number of nitro benzene ring substituents is 1.